The minimum Gasteiger partial charge on any atom is -0.494 e. The van der Waals surface area contributed by atoms with E-state index in [1.165, 1.54) is 70.6 Å². The van der Waals surface area contributed by atoms with Gasteiger partial charge in [0.05, 0.1) is 32.0 Å². The molecule has 0 saturated carbocycles. The van der Waals surface area contributed by atoms with Gasteiger partial charge in [0.25, 0.3) is 5.91 Å². The first kappa shape index (κ1) is 43.3. The van der Waals surface area contributed by atoms with E-state index in [0.717, 1.165) is 32.1 Å². The standard InChI is InChI=1S/C38H67NO10/c1-3-5-7-9-10-11-12-13-14-15-16-18-20-31(41)33(42)30(27-48-38-36(45)35(44)34(43)32(26-40)49-38)39-37(46)28-21-23-29(24-22-28)47-25-19-17-8-6-4-2/h21-24,30-36,38,40-45H,3-20,25-27H2,1-2H3,(H,39,46). The molecule has 1 heterocycles. The van der Waals surface area contributed by atoms with Crippen molar-refractivity contribution in [2.45, 2.75) is 178 Å². The average Bonchev–Trinajstić information content (AvgIpc) is 3.11. The van der Waals surface area contributed by atoms with E-state index < -0.39 is 61.5 Å². The molecule has 0 spiro atoms. The average molecular weight is 698 g/mol. The van der Waals surface area contributed by atoms with Gasteiger partial charge in [-0.1, -0.05) is 117 Å². The van der Waals surface area contributed by atoms with Crippen LogP contribution >= 0.6 is 0 Å². The second-order valence-corrected chi connectivity index (χ2v) is 13.6. The Balaban J connectivity index is 1.91. The number of amides is 1. The second-order valence-electron chi connectivity index (χ2n) is 13.6. The summed E-state index contributed by atoms with van der Waals surface area (Å²) in [6, 6.07) is 5.55. The van der Waals surface area contributed by atoms with Gasteiger partial charge < -0.3 is 50.2 Å². The first-order chi connectivity index (χ1) is 23.7. The van der Waals surface area contributed by atoms with Gasteiger partial charge in [-0.25, -0.2) is 0 Å². The van der Waals surface area contributed by atoms with Crippen molar-refractivity contribution in [1.82, 2.24) is 5.32 Å². The lowest BCUT2D eigenvalue weighted by atomic mass is 9.98. The maximum Gasteiger partial charge on any atom is 0.251 e. The van der Waals surface area contributed by atoms with E-state index in [1.54, 1.807) is 24.3 Å². The summed E-state index contributed by atoms with van der Waals surface area (Å²) in [5.41, 5.74) is 0.316. The molecule has 1 saturated heterocycles. The molecule has 0 aromatic heterocycles. The molecule has 1 aliphatic rings. The molecule has 1 aromatic rings. The molecule has 1 aliphatic heterocycles. The lowest BCUT2D eigenvalue weighted by Crippen LogP contribution is -2.60. The van der Waals surface area contributed by atoms with E-state index in [4.69, 9.17) is 14.2 Å². The van der Waals surface area contributed by atoms with Crippen molar-refractivity contribution in [3.05, 3.63) is 29.8 Å². The molecular formula is C38H67NO10. The monoisotopic (exact) mass is 697 g/mol. The Bertz CT molecular complexity index is 964. The molecule has 284 valence electrons. The Morgan fingerprint density at radius 1 is 0.755 bits per heavy atom. The van der Waals surface area contributed by atoms with E-state index in [0.29, 0.717) is 30.8 Å². The van der Waals surface area contributed by atoms with Gasteiger partial charge in [0, 0.05) is 5.56 Å². The van der Waals surface area contributed by atoms with Crippen LogP contribution in [-0.4, -0.2) is 105 Å². The molecule has 0 aliphatic carbocycles. The highest BCUT2D eigenvalue weighted by molar-refractivity contribution is 5.94. The highest BCUT2D eigenvalue weighted by Gasteiger charge is 2.44. The molecule has 0 radical (unpaired) electrons. The fourth-order valence-electron chi connectivity index (χ4n) is 6.11. The largest absolute Gasteiger partial charge is 0.494 e. The number of aliphatic hydroxyl groups excluding tert-OH is 6. The van der Waals surface area contributed by atoms with Crippen LogP contribution in [0.15, 0.2) is 24.3 Å². The third-order valence-electron chi connectivity index (χ3n) is 9.40. The second kappa shape index (κ2) is 26.0. The highest BCUT2D eigenvalue weighted by Crippen LogP contribution is 2.23. The molecule has 11 heteroatoms. The molecule has 11 nitrogen and oxygen atoms in total. The van der Waals surface area contributed by atoms with Crippen molar-refractivity contribution in [3.8, 4) is 5.75 Å². The summed E-state index contributed by atoms with van der Waals surface area (Å²) >= 11 is 0. The maximum atomic E-state index is 13.2. The van der Waals surface area contributed by atoms with Crippen molar-refractivity contribution < 1.29 is 49.6 Å². The number of benzene rings is 1. The minimum atomic E-state index is -1.64. The van der Waals surface area contributed by atoms with Gasteiger partial charge in [0.1, 0.15) is 36.3 Å². The number of carbonyl (C=O) groups is 1. The van der Waals surface area contributed by atoms with Crippen LogP contribution < -0.4 is 10.1 Å². The fourth-order valence-corrected chi connectivity index (χ4v) is 6.11. The topological polar surface area (TPSA) is 178 Å². The number of carbonyl (C=O) groups excluding carboxylic acids is 1. The summed E-state index contributed by atoms with van der Waals surface area (Å²) in [6.07, 6.45) is 10.1. The van der Waals surface area contributed by atoms with Crippen LogP contribution in [-0.2, 0) is 9.47 Å². The van der Waals surface area contributed by atoms with Gasteiger partial charge in [0.15, 0.2) is 6.29 Å². The first-order valence-corrected chi connectivity index (χ1v) is 19.0. The molecular weight excluding hydrogens is 630 g/mol. The van der Waals surface area contributed by atoms with E-state index in [1.807, 2.05) is 0 Å². The number of unbranched alkanes of at least 4 members (excludes halogenated alkanes) is 15. The van der Waals surface area contributed by atoms with Crippen molar-refractivity contribution >= 4 is 5.91 Å². The molecule has 0 bridgehead atoms. The van der Waals surface area contributed by atoms with Crippen molar-refractivity contribution in [3.63, 3.8) is 0 Å². The summed E-state index contributed by atoms with van der Waals surface area (Å²) in [5, 5.41) is 65.0. The molecule has 7 N–H and O–H groups in total. The van der Waals surface area contributed by atoms with E-state index in [-0.39, 0.29) is 6.61 Å². The van der Waals surface area contributed by atoms with Crippen LogP contribution in [0.2, 0.25) is 0 Å². The molecule has 1 aromatic carbocycles. The third-order valence-corrected chi connectivity index (χ3v) is 9.40. The van der Waals surface area contributed by atoms with Gasteiger partial charge in [-0.2, -0.15) is 0 Å². The summed E-state index contributed by atoms with van der Waals surface area (Å²) in [6.45, 7) is 3.99. The molecule has 49 heavy (non-hydrogen) atoms. The predicted octanol–water partition coefficient (Wildman–Crippen LogP) is 4.76. The van der Waals surface area contributed by atoms with Crippen LogP contribution in [0.5, 0.6) is 5.75 Å². The third kappa shape index (κ3) is 16.8. The zero-order valence-corrected chi connectivity index (χ0v) is 30.1. The maximum absolute atomic E-state index is 13.2. The Kier molecular flexibility index (Phi) is 23.0. The normalized spacial score (nSPS) is 22.8. The smallest absolute Gasteiger partial charge is 0.251 e. The van der Waals surface area contributed by atoms with Gasteiger partial charge in [-0.3, -0.25) is 4.79 Å². The van der Waals surface area contributed by atoms with Crippen LogP contribution in [0.3, 0.4) is 0 Å². The quantitative estimate of drug-likeness (QED) is 0.0604. The van der Waals surface area contributed by atoms with Crippen molar-refractivity contribution in [2.75, 3.05) is 19.8 Å². The lowest BCUT2D eigenvalue weighted by Gasteiger charge is -2.40. The van der Waals surface area contributed by atoms with Crippen LogP contribution in [0.25, 0.3) is 0 Å². The number of hydrogen-bond acceptors (Lipinski definition) is 10. The Labute approximate surface area is 294 Å². The number of nitrogens with one attached hydrogen (secondary N) is 1. The van der Waals surface area contributed by atoms with Crippen molar-refractivity contribution in [2.24, 2.45) is 0 Å². The number of aliphatic hydroxyl groups is 6. The van der Waals surface area contributed by atoms with E-state index >= 15 is 0 Å². The zero-order chi connectivity index (χ0) is 35.9. The van der Waals surface area contributed by atoms with Gasteiger partial charge >= 0.3 is 0 Å². The highest BCUT2D eigenvalue weighted by atomic mass is 16.7. The molecule has 1 amide bonds. The Morgan fingerprint density at radius 3 is 1.84 bits per heavy atom. The van der Waals surface area contributed by atoms with Crippen LogP contribution in [0.4, 0.5) is 0 Å². The Morgan fingerprint density at radius 2 is 1.29 bits per heavy atom. The summed E-state index contributed by atoms with van der Waals surface area (Å²) < 4.78 is 16.9. The first-order valence-electron chi connectivity index (χ1n) is 19.0. The van der Waals surface area contributed by atoms with Gasteiger partial charge in [0.2, 0.25) is 0 Å². The van der Waals surface area contributed by atoms with E-state index in [9.17, 15) is 35.4 Å². The Hall–Kier alpha value is -1.83. The molecule has 1 fully saturated rings. The number of hydrogen-bond donors (Lipinski definition) is 7. The summed E-state index contributed by atoms with van der Waals surface area (Å²) in [5.74, 6) is 0.137. The van der Waals surface area contributed by atoms with E-state index in [2.05, 4.69) is 19.2 Å². The SMILES string of the molecule is CCCCCCCCCCCCCCC(O)C(O)C(COC1OC(CO)C(O)C(O)C1O)NC(=O)c1ccc(OCCCCCCC)cc1. The molecule has 8 unspecified atom stereocenters. The van der Waals surface area contributed by atoms with Gasteiger partial charge in [-0.15, -0.1) is 0 Å². The van der Waals surface area contributed by atoms with Crippen LogP contribution in [0.1, 0.15) is 140 Å². The number of ether oxygens (including phenoxy) is 3. The molecule has 8 atom stereocenters. The molecule has 2 rings (SSSR count). The predicted molar refractivity (Wildman–Crippen MR) is 189 cm³/mol. The van der Waals surface area contributed by atoms with Gasteiger partial charge in [-0.05, 0) is 37.1 Å². The van der Waals surface area contributed by atoms with Crippen molar-refractivity contribution in [1.29, 1.82) is 0 Å². The number of rotatable bonds is 28. The lowest BCUT2D eigenvalue weighted by molar-refractivity contribution is -0.303. The summed E-state index contributed by atoms with van der Waals surface area (Å²) in [7, 11) is 0. The zero-order valence-electron chi connectivity index (χ0n) is 30.1. The minimum absolute atomic E-state index is 0.316. The fraction of sp³-hybridized carbons (Fsp3) is 0.816. The van der Waals surface area contributed by atoms with Crippen LogP contribution in [0, 0.1) is 0 Å². The summed E-state index contributed by atoms with van der Waals surface area (Å²) in [4.78, 5) is 13.2.